The van der Waals surface area contributed by atoms with Gasteiger partial charge in [-0.05, 0) is 18.9 Å². The fourth-order valence-electron chi connectivity index (χ4n) is 2.37. The van der Waals surface area contributed by atoms with Crippen molar-refractivity contribution < 1.29 is 18.8 Å². The van der Waals surface area contributed by atoms with Gasteiger partial charge in [0.05, 0.1) is 0 Å². The lowest BCUT2D eigenvalue weighted by Gasteiger charge is -2.14. The molecule has 3 rings (SSSR count). The number of aryl methyl sites for hydroxylation is 1. The van der Waals surface area contributed by atoms with E-state index in [4.69, 9.17) is 9.26 Å². The molecular formula is C19H20N4O4S. The van der Waals surface area contributed by atoms with E-state index in [0.29, 0.717) is 23.9 Å². The van der Waals surface area contributed by atoms with E-state index in [1.807, 2.05) is 30.3 Å². The van der Waals surface area contributed by atoms with Crippen LogP contribution in [0.2, 0.25) is 0 Å². The summed E-state index contributed by atoms with van der Waals surface area (Å²) >= 11 is 1.30. The van der Waals surface area contributed by atoms with Gasteiger partial charge in [0.15, 0.2) is 22.7 Å². The highest BCUT2D eigenvalue weighted by atomic mass is 32.1. The van der Waals surface area contributed by atoms with Gasteiger partial charge in [0.2, 0.25) is 0 Å². The number of aromatic nitrogens is 2. The molecule has 2 aromatic heterocycles. The molecule has 1 amide bonds. The third-order valence-corrected chi connectivity index (χ3v) is 4.59. The zero-order valence-electron chi connectivity index (χ0n) is 15.5. The minimum absolute atomic E-state index is 0.157. The van der Waals surface area contributed by atoms with Gasteiger partial charge in [-0.1, -0.05) is 42.4 Å². The maximum Gasteiger partial charge on any atom is 0.358 e. The molecule has 0 fully saturated rings. The van der Waals surface area contributed by atoms with Gasteiger partial charge in [-0.25, -0.2) is 9.78 Å². The van der Waals surface area contributed by atoms with Crippen molar-refractivity contribution in [1.29, 1.82) is 0 Å². The number of nitrogens with one attached hydrogen (secondary N) is 2. The molecule has 2 heterocycles. The molecule has 0 aliphatic carbocycles. The molecule has 28 heavy (non-hydrogen) atoms. The Hall–Kier alpha value is -3.20. The van der Waals surface area contributed by atoms with Gasteiger partial charge in [-0.3, -0.25) is 4.79 Å². The van der Waals surface area contributed by atoms with Gasteiger partial charge in [0.1, 0.15) is 5.76 Å². The predicted octanol–water partition coefficient (Wildman–Crippen LogP) is 3.63. The number of ether oxygens (including phenoxy) is 1. The van der Waals surface area contributed by atoms with Gasteiger partial charge < -0.3 is 19.9 Å². The highest BCUT2D eigenvalue weighted by molar-refractivity contribution is 7.13. The van der Waals surface area contributed by atoms with Crippen molar-refractivity contribution in [2.75, 3.05) is 10.6 Å². The third-order valence-electron chi connectivity index (χ3n) is 3.79. The van der Waals surface area contributed by atoms with E-state index in [1.54, 1.807) is 25.3 Å². The van der Waals surface area contributed by atoms with Crippen LogP contribution in [0.5, 0.6) is 0 Å². The molecule has 0 spiro atoms. The monoisotopic (exact) mass is 400 g/mol. The molecule has 0 aliphatic heterocycles. The van der Waals surface area contributed by atoms with Crippen molar-refractivity contribution in [3.63, 3.8) is 0 Å². The van der Waals surface area contributed by atoms with E-state index in [0.717, 1.165) is 5.56 Å². The fraction of sp³-hybridized carbons (Fsp3) is 0.263. The summed E-state index contributed by atoms with van der Waals surface area (Å²) in [6.07, 6.45) is -0.635. The Balaban J connectivity index is 1.55. The van der Waals surface area contributed by atoms with Crippen LogP contribution in [-0.4, -0.2) is 28.1 Å². The van der Waals surface area contributed by atoms with Crippen molar-refractivity contribution >= 4 is 34.2 Å². The molecule has 8 nitrogen and oxygen atoms in total. The van der Waals surface area contributed by atoms with Crippen LogP contribution in [0.25, 0.3) is 0 Å². The minimum atomic E-state index is -0.952. The zero-order valence-corrected chi connectivity index (χ0v) is 16.3. The maximum atomic E-state index is 12.3. The molecule has 0 saturated carbocycles. The van der Waals surface area contributed by atoms with Crippen LogP contribution in [0.4, 0.5) is 10.9 Å². The molecule has 9 heteroatoms. The molecule has 0 unspecified atom stereocenters. The van der Waals surface area contributed by atoms with Crippen molar-refractivity contribution in [3.05, 3.63) is 58.8 Å². The average Bonchev–Trinajstić information content (AvgIpc) is 3.34. The van der Waals surface area contributed by atoms with E-state index in [9.17, 15) is 9.59 Å². The highest BCUT2D eigenvalue weighted by Crippen LogP contribution is 2.18. The first-order valence-corrected chi connectivity index (χ1v) is 9.61. The quantitative estimate of drug-likeness (QED) is 0.556. The lowest BCUT2D eigenvalue weighted by atomic mass is 10.2. The summed E-state index contributed by atoms with van der Waals surface area (Å²) in [4.78, 5) is 28.9. The highest BCUT2D eigenvalue weighted by Gasteiger charge is 2.24. The number of benzene rings is 1. The summed E-state index contributed by atoms with van der Waals surface area (Å²) in [6.45, 7) is 4.06. The van der Waals surface area contributed by atoms with Crippen LogP contribution in [-0.2, 0) is 16.1 Å². The van der Waals surface area contributed by atoms with Crippen molar-refractivity contribution in [3.8, 4) is 0 Å². The summed E-state index contributed by atoms with van der Waals surface area (Å²) < 4.78 is 10.2. The number of hydrogen-bond donors (Lipinski definition) is 2. The molecule has 0 aliphatic rings. The van der Waals surface area contributed by atoms with Gasteiger partial charge in [0.25, 0.3) is 5.91 Å². The fourth-order valence-corrected chi connectivity index (χ4v) is 3.04. The molecule has 1 aromatic carbocycles. The molecule has 0 bridgehead atoms. The van der Waals surface area contributed by atoms with Gasteiger partial charge in [0, 0.05) is 18.0 Å². The number of esters is 1. The number of thiazole rings is 1. The van der Waals surface area contributed by atoms with Crippen LogP contribution in [0, 0.1) is 6.92 Å². The maximum absolute atomic E-state index is 12.3. The summed E-state index contributed by atoms with van der Waals surface area (Å²) in [5.41, 5.74) is 1.26. The number of rotatable bonds is 8. The summed E-state index contributed by atoms with van der Waals surface area (Å²) in [5.74, 6) is -0.277. The van der Waals surface area contributed by atoms with E-state index in [-0.39, 0.29) is 11.5 Å². The molecule has 0 radical (unpaired) electrons. The van der Waals surface area contributed by atoms with E-state index >= 15 is 0 Å². The standard InChI is InChI=1S/C19H20N4O4S/c1-3-15(17(24)22-16-9-12(2)27-23-16)26-18(25)14-11-28-19(21-14)20-10-13-7-5-4-6-8-13/h4-9,11,15H,3,10H2,1-2H3,(H,20,21)(H,22,23,24)/t15-/m0/s1. The first kappa shape index (κ1) is 19.6. The topological polar surface area (TPSA) is 106 Å². The summed E-state index contributed by atoms with van der Waals surface area (Å²) in [7, 11) is 0. The number of hydrogen-bond acceptors (Lipinski definition) is 8. The van der Waals surface area contributed by atoms with Crippen molar-refractivity contribution in [1.82, 2.24) is 10.1 Å². The molecule has 0 saturated heterocycles. The lowest BCUT2D eigenvalue weighted by Crippen LogP contribution is -2.32. The molecular weight excluding hydrogens is 380 g/mol. The van der Waals surface area contributed by atoms with Gasteiger partial charge >= 0.3 is 5.97 Å². The third kappa shape index (κ3) is 5.17. The first-order valence-electron chi connectivity index (χ1n) is 8.73. The SMILES string of the molecule is CC[C@H](OC(=O)c1csc(NCc2ccccc2)n1)C(=O)Nc1cc(C)on1. The number of amides is 1. The largest absolute Gasteiger partial charge is 0.448 e. The van der Waals surface area contributed by atoms with Crippen LogP contribution >= 0.6 is 11.3 Å². The Morgan fingerprint density at radius 1 is 1.29 bits per heavy atom. The first-order chi connectivity index (χ1) is 13.5. The second-order valence-electron chi connectivity index (χ2n) is 5.99. The zero-order chi connectivity index (χ0) is 19.9. The number of nitrogens with zero attached hydrogens (tertiary/aromatic N) is 2. The van der Waals surface area contributed by atoms with Crippen LogP contribution in [0.1, 0.15) is 35.2 Å². The van der Waals surface area contributed by atoms with E-state index < -0.39 is 18.0 Å². The Morgan fingerprint density at radius 3 is 2.75 bits per heavy atom. The van der Waals surface area contributed by atoms with Gasteiger partial charge in [-0.15, -0.1) is 11.3 Å². The van der Waals surface area contributed by atoms with Crippen LogP contribution in [0.15, 0.2) is 46.3 Å². The number of carbonyl (C=O) groups is 2. The molecule has 2 N–H and O–H groups in total. The predicted molar refractivity (Wildman–Crippen MR) is 105 cm³/mol. The van der Waals surface area contributed by atoms with Crippen LogP contribution < -0.4 is 10.6 Å². The Bertz CT molecular complexity index is 938. The van der Waals surface area contributed by atoms with E-state index in [1.165, 1.54) is 11.3 Å². The summed E-state index contributed by atoms with van der Waals surface area (Å²) in [5, 5.41) is 11.6. The van der Waals surface area contributed by atoms with Crippen LogP contribution in [0.3, 0.4) is 0 Å². The Labute approximate surface area is 165 Å². The van der Waals surface area contributed by atoms with Gasteiger partial charge in [-0.2, -0.15) is 0 Å². The van der Waals surface area contributed by atoms with E-state index in [2.05, 4.69) is 20.8 Å². The molecule has 3 aromatic rings. The lowest BCUT2D eigenvalue weighted by molar-refractivity contribution is -0.124. The average molecular weight is 400 g/mol. The molecule has 1 atom stereocenters. The summed E-state index contributed by atoms with van der Waals surface area (Å²) in [6, 6.07) is 11.4. The second-order valence-corrected chi connectivity index (χ2v) is 6.85. The Morgan fingerprint density at radius 2 is 2.07 bits per heavy atom. The normalized spacial score (nSPS) is 11.6. The molecule has 146 valence electrons. The van der Waals surface area contributed by atoms with Crippen molar-refractivity contribution in [2.45, 2.75) is 32.9 Å². The number of carbonyl (C=O) groups excluding carboxylic acids is 2. The second kappa shape index (κ2) is 9.14. The Kier molecular flexibility index (Phi) is 6.38. The smallest absolute Gasteiger partial charge is 0.358 e. The minimum Gasteiger partial charge on any atom is -0.448 e. The van der Waals surface area contributed by atoms with Crippen molar-refractivity contribution in [2.24, 2.45) is 0 Å². The number of anilines is 2.